The van der Waals surface area contributed by atoms with E-state index in [1.165, 1.54) is 19.2 Å². The highest BCUT2D eigenvalue weighted by Gasteiger charge is 2.31. The largest absolute Gasteiger partial charge is 0.391 e. The number of anilines is 1. The Bertz CT molecular complexity index is 526. The van der Waals surface area contributed by atoms with Gasteiger partial charge in [-0.1, -0.05) is 0 Å². The van der Waals surface area contributed by atoms with Gasteiger partial charge >= 0.3 is 13.3 Å². The minimum atomic E-state index is -4.41. The second-order valence-corrected chi connectivity index (χ2v) is 5.36. The van der Waals surface area contributed by atoms with Crippen LogP contribution in [-0.2, 0) is 15.0 Å². The van der Waals surface area contributed by atoms with Gasteiger partial charge in [0.1, 0.15) is 5.82 Å². The summed E-state index contributed by atoms with van der Waals surface area (Å²) in [6.07, 6.45) is 0.293. The maximum absolute atomic E-state index is 11.6. The number of ether oxygens (including phenoxy) is 1. The molecule has 0 radical (unpaired) electrons. The monoisotopic (exact) mass is 279 g/mol. The zero-order chi connectivity index (χ0) is 14.0. The summed E-state index contributed by atoms with van der Waals surface area (Å²) in [5.41, 5.74) is 2.88. The first kappa shape index (κ1) is 14.8. The van der Waals surface area contributed by atoms with Crippen molar-refractivity contribution in [1.29, 1.82) is 0 Å². The van der Waals surface area contributed by atoms with Gasteiger partial charge in [0.15, 0.2) is 12.1 Å². The summed E-state index contributed by atoms with van der Waals surface area (Å²) in [7, 11) is -4.41. The third-order valence-electron chi connectivity index (χ3n) is 2.17. The second-order valence-electron chi connectivity index (χ2n) is 3.78. The third kappa shape index (κ3) is 3.62. The molecule has 0 saturated carbocycles. The average molecular weight is 279 g/mol. The summed E-state index contributed by atoms with van der Waals surface area (Å²) in [6.45, 7) is 0.625. The number of hydrogen-bond acceptors (Lipinski definition) is 6. The number of hydrogen-bond donors (Lipinski definition) is 4. The highest BCUT2D eigenvalue weighted by molar-refractivity contribution is 7.51. The summed E-state index contributed by atoms with van der Waals surface area (Å²) in [5.74, 6) is -0.00784. The van der Waals surface area contributed by atoms with Gasteiger partial charge in [0.05, 0.1) is 6.61 Å². The van der Waals surface area contributed by atoms with Crippen molar-refractivity contribution in [2.24, 2.45) is 0 Å². The molecule has 9 nitrogen and oxygen atoms in total. The summed E-state index contributed by atoms with van der Waals surface area (Å²) in [5, 5.41) is 9.23. The molecule has 1 rings (SSSR count). The van der Waals surface area contributed by atoms with Crippen LogP contribution in [0.4, 0.5) is 5.82 Å². The van der Waals surface area contributed by atoms with E-state index in [9.17, 15) is 14.5 Å². The molecule has 0 aromatic carbocycles. The molecule has 102 valence electrons. The first-order valence-electron chi connectivity index (χ1n) is 4.83. The fourth-order valence-electron chi connectivity index (χ4n) is 1.19. The number of aliphatic hydroxyl groups excluding tert-OH is 1. The van der Waals surface area contributed by atoms with Crippen molar-refractivity contribution in [3.05, 3.63) is 22.7 Å². The van der Waals surface area contributed by atoms with Gasteiger partial charge in [0.2, 0.25) is 0 Å². The Morgan fingerprint density at radius 2 is 2.22 bits per heavy atom. The van der Waals surface area contributed by atoms with Crippen molar-refractivity contribution in [2.75, 3.05) is 18.7 Å². The molecule has 0 amide bonds. The first-order valence-corrected chi connectivity index (χ1v) is 6.63. The van der Waals surface area contributed by atoms with Crippen LogP contribution in [0.5, 0.6) is 0 Å². The Morgan fingerprint density at radius 1 is 1.61 bits per heavy atom. The van der Waals surface area contributed by atoms with Crippen molar-refractivity contribution < 1.29 is 24.2 Å². The highest BCUT2D eigenvalue weighted by atomic mass is 31.2. The van der Waals surface area contributed by atoms with E-state index in [1.807, 2.05) is 0 Å². The lowest BCUT2D eigenvalue weighted by Crippen LogP contribution is -2.44. The Balaban J connectivity index is 3.07. The smallest absolute Gasteiger partial charge is 0.351 e. The van der Waals surface area contributed by atoms with Crippen molar-refractivity contribution in [2.45, 2.75) is 12.6 Å². The molecule has 0 saturated heterocycles. The first-order chi connectivity index (χ1) is 8.18. The summed E-state index contributed by atoms with van der Waals surface area (Å²) in [4.78, 5) is 32.4. The van der Waals surface area contributed by atoms with E-state index in [0.29, 0.717) is 0 Å². The minimum absolute atomic E-state index is 0.00784. The molecule has 5 N–H and O–H groups in total. The van der Waals surface area contributed by atoms with Crippen LogP contribution in [0.25, 0.3) is 0 Å². The van der Waals surface area contributed by atoms with Crippen LogP contribution in [0.2, 0.25) is 0 Å². The lowest BCUT2D eigenvalue weighted by atomic mass is 10.3. The number of aliphatic hydroxyl groups is 1. The molecule has 1 heterocycles. The van der Waals surface area contributed by atoms with Gasteiger partial charge in [0.25, 0.3) is 0 Å². The Hall–Kier alpha value is -1.25. The number of rotatable bonds is 5. The van der Waals surface area contributed by atoms with Crippen LogP contribution in [0, 0.1) is 0 Å². The molecule has 1 aromatic rings. The quantitative estimate of drug-likeness (QED) is 0.483. The Labute approximate surface area is 102 Å². The number of nitrogens with two attached hydrogens (primary N) is 1. The van der Waals surface area contributed by atoms with Crippen LogP contribution in [-0.4, -0.2) is 37.4 Å². The van der Waals surface area contributed by atoms with Crippen molar-refractivity contribution in [3.63, 3.8) is 0 Å². The van der Waals surface area contributed by atoms with Crippen LogP contribution in [0.3, 0.4) is 0 Å². The normalized spacial score (nSPS) is 15.3. The molecular formula is C8H14N3O6P. The lowest BCUT2D eigenvalue weighted by Gasteiger charge is -2.29. The maximum Gasteiger partial charge on any atom is 0.351 e. The van der Waals surface area contributed by atoms with Gasteiger partial charge in [-0.15, -0.1) is 0 Å². The standard InChI is InChI=1S/C8H14N3O6P/c1-8(4-12,17-5-18(14,15)16)11-3-2-6(9)10-7(11)13/h2-3,12H,4-5H2,1H3,(H2,9,10,13)(H2,14,15,16)/t8-/m0/s1. The minimum Gasteiger partial charge on any atom is -0.391 e. The SMILES string of the molecule is C[C@@](CO)(OCP(=O)(O)O)n1ccc(N)nc1=O. The van der Waals surface area contributed by atoms with E-state index in [-0.39, 0.29) is 5.82 Å². The number of nitrogen functional groups attached to an aromatic ring is 1. The van der Waals surface area contributed by atoms with Gasteiger partial charge in [0, 0.05) is 6.20 Å². The molecule has 1 atom stereocenters. The van der Waals surface area contributed by atoms with Gasteiger partial charge in [-0.25, -0.2) is 4.79 Å². The fraction of sp³-hybridized carbons (Fsp3) is 0.500. The fourth-order valence-corrected chi connectivity index (χ4v) is 1.64. The lowest BCUT2D eigenvalue weighted by molar-refractivity contribution is -0.114. The van der Waals surface area contributed by atoms with Gasteiger partial charge < -0.3 is 25.4 Å². The molecule has 0 bridgehead atoms. The van der Waals surface area contributed by atoms with Crippen molar-refractivity contribution in [1.82, 2.24) is 9.55 Å². The second kappa shape index (κ2) is 5.17. The van der Waals surface area contributed by atoms with E-state index in [2.05, 4.69) is 4.98 Å². The van der Waals surface area contributed by atoms with E-state index < -0.39 is 32.0 Å². The van der Waals surface area contributed by atoms with E-state index in [1.54, 1.807) is 0 Å². The van der Waals surface area contributed by atoms with E-state index >= 15 is 0 Å². The molecule has 0 fully saturated rings. The number of aromatic nitrogens is 2. The van der Waals surface area contributed by atoms with Crippen molar-refractivity contribution >= 4 is 13.4 Å². The maximum atomic E-state index is 11.6. The van der Waals surface area contributed by atoms with Crippen LogP contribution < -0.4 is 11.4 Å². The van der Waals surface area contributed by atoms with Crippen LogP contribution in [0.1, 0.15) is 6.92 Å². The van der Waals surface area contributed by atoms with E-state index in [4.69, 9.17) is 20.3 Å². The third-order valence-corrected chi connectivity index (χ3v) is 2.64. The van der Waals surface area contributed by atoms with Gasteiger partial charge in [-0.3, -0.25) is 9.13 Å². The summed E-state index contributed by atoms with van der Waals surface area (Å²) >= 11 is 0. The predicted molar refractivity (Wildman–Crippen MR) is 61.6 cm³/mol. The zero-order valence-corrected chi connectivity index (χ0v) is 10.4. The molecule has 0 aliphatic rings. The molecule has 10 heteroatoms. The molecular weight excluding hydrogens is 265 g/mol. The predicted octanol–water partition coefficient (Wildman–Crippen LogP) is -1.36. The molecule has 18 heavy (non-hydrogen) atoms. The molecule has 0 unspecified atom stereocenters. The average Bonchev–Trinajstić information content (AvgIpc) is 2.25. The van der Waals surface area contributed by atoms with Crippen LogP contribution >= 0.6 is 7.60 Å². The highest BCUT2D eigenvalue weighted by Crippen LogP contribution is 2.36. The van der Waals surface area contributed by atoms with Crippen molar-refractivity contribution in [3.8, 4) is 0 Å². The Morgan fingerprint density at radius 3 is 2.67 bits per heavy atom. The molecule has 1 aromatic heterocycles. The summed E-state index contributed by atoms with van der Waals surface area (Å²) < 4.78 is 16.5. The topological polar surface area (TPSA) is 148 Å². The summed E-state index contributed by atoms with van der Waals surface area (Å²) in [6, 6.07) is 1.30. The Kier molecular flexibility index (Phi) is 4.25. The van der Waals surface area contributed by atoms with Gasteiger partial charge in [-0.05, 0) is 13.0 Å². The number of nitrogens with zero attached hydrogens (tertiary/aromatic N) is 2. The molecule has 0 spiro atoms. The van der Waals surface area contributed by atoms with E-state index in [0.717, 1.165) is 4.57 Å². The molecule has 0 aliphatic heterocycles. The van der Waals surface area contributed by atoms with Gasteiger partial charge in [-0.2, -0.15) is 4.98 Å². The zero-order valence-electron chi connectivity index (χ0n) is 9.55. The van der Waals surface area contributed by atoms with Crippen LogP contribution in [0.15, 0.2) is 17.1 Å². The molecule has 0 aliphatic carbocycles.